The highest BCUT2D eigenvalue weighted by Crippen LogP contribution is 2.27. The van der Waals surface area contributed by atoms with Crippen LogP contribution in [0.15, 0.2) is 42.6 Å². The van der Waals surface area contributed by atoms with Gasteiger partial charge in [0.1, 0.15) is 0 Å². The number of benzene rings is 1. The highest BCUT2D eigenvalue weighted by Gasteiger charge is 2.08. The molecule has 2 aromatic heterocycles. The molecule has 0 bridgehead atoms. The van der Waals surface area contributed by atoms with Crippen molar-refractivity contribution in [3.63, 3.8) is 0 Å². The van der Waals surface area contributed by atoms with E-state index >= 15 is 0 Å². The van der Waals surface area contributed by atoms with E-state index in [4.69, 9.17) is 4.98 Å². The van der Waals surface area contributed by atoms with Crippen LogP contribution in [0.5, 0.6) is 0 Å². The molecular formula is C18H19N3. The Morgan fingerprint density at radius 1 is 1.00 bits per heavy atom. The maximum Gasteiger partial charge on any atom is 0.0741 e. The number of pyridine rings is 2. The highest BCUT2D eigenvalue weighted by atomic mass is 15.1. The Balaban J connectivity index is 2.14. The smallest absolute Gasteiger partial charge is 0.0741 e. The maximum absolute atomic E-state index is 4.73. The van der Waals surface area contributed by atoms with Crippen LogP contribution in [0.1, 0.15) is 11.3 Å². The standard InChI is InChI=1S/C18H19N3/c1-12-10-14(7-8-18(12)21(3)4)16-11-17-15(13(2)20-16)6-5-9-19-17/h5-11H,1-4H3. The Labute approximate surface area is 125 Å². The van der Waals surface area contributed by atoms with Crippen LogP contribution in [0, 0.1) is 13.8 Å². The molecular weight excluding hydrogens is 258 g/mol. The first-order valence-corrected chi connectivity index (χ1v) is 7.07. The summed E-state index contributed by atoms with van der Waals surface area (Å²) < 4.78 is 0. The summed E-state index contributed by atoms with van der Waals surface area (Å²) in [5.74, 6) is 0. The molecule has 0 saturated heterocycles. The van der Waals surface area contributed by atoms with Crippen molar-refractivity contribution >= 4 is 16.6 Å². The summed E-state index contributed by atoms with van der Waals surface area (Å²) in [5, 5.41) is 1.11. The predicted octanol–water partition coefficient (Wildman–Crippen LogP) is 3.98. The Bertz CT molecular complexity index is 807. The van der Waals surface area contributed by atoms with E-state index in [1.807, 2.05) is 19.2 Å². The molecule has 0 atom stereocenters. The van der Waals surface area contributed by atoms with Crippen LogP contribution in [0.4, 0.5) is 5.69 Å². The van der Waals surface area contributed by atoms with Gasteiger partial charge in [0.25, 0.3) is 0 Å². The summed E-state index contributed by atoms with van der Waals surface area (Å²) in [7, 11) is 4.12. The molecule has 3 heteroatoms. The molecule has 1 aromatic carbocycles. The SMILES string of the molecule is Cc1cc(-c2cc3ncccc3c(C)n2)ccc1N(C)C. The second kappa shape index (κ2) is 5.17. The number of anilines is 1. The Kier molecular flexibility index (Phi) is 3.34. The van der Waals surface area contributed by atoms with Crippen molar-refractivity contribution in [3.8, 4) is 11.3 Å². The molecule has 0 spiro atoms. The molecule has 106 valence electrons. The molecule has 0 unspecified atom stereocenters. The van der Waals surface area contributed by atoms with Gasteiger partial charge in [-0.15, -0.1) is 0 Å². The molecule has 3 aromatic rings. The quantitative estimate of drug-likeness (QED) is 0.709. The van der Waals surface area contributed by atoms with Crippen molar-refractivity contribution < 1.29 is 0 Å². The molecule has 2 heterocycles. The first-order chi connectivity index (χ1) is 10.1. The van der Waals surface area contributed by atoms with E-state index in [1.54, 1.807) is 0 Å². The lowest BCUT2D eigenvalue weighted by molar-refractivity contribution is 1.11. The van der Waals surface area contributed by atoms with E-state index < -0.39 is 0 Å². The molecule has 3 rings (SSSR count). The molecule has 0 aliphatic heterocycles. The van der Waals surface area contributed by atoms with Gasteiger partial charge < -0.3 is 4.90 Å². The Morgan fingerprint density at radius 3 is 2.52 bits per heavy atom. The van der Waals surface area contributed by atoms with Crippen LogP contribution in [-0.2, 0) is 0 Å². The minimum Gasteiger partial charge on any atom is -0.377 e. The zero-order valence-electron chi connectivity index (χ0n) is 12.9. The van der Waals surface area contributed by atoms with E-state index in [0.29, 0.717) is 0 Å². The van der Waals surface area contributed by atoms with Crippen molar-refractivity contribution in [3.05, 3.63) is 53.9 Å². The molecule has 0 N–H and O–H groups in total. The first kappa shape index (κ1) is 13.6. The molecule has 0 amide bonds. The molecule has 3 nitrogen and oxygen atoms in total. The van der Waals surface area contributed by atoms with Crippen LogP contribution in [-0.4, -0.2) is 24.1 Å². The maximum atomic E-state index is 4.73. The zero-order valence-corrected chi connectivity index (χ0v) is 12.9. The second-order valence-corrected chi connectivity index (χ2v) is 5.56. The summed E-state index contributed by atoms with van der Waals surface area (Å²) >= 11 is 0. The Hall–Kier alpha value is -2.42. The van der Waals surface area contributed by atoms with Crippen molar-refractivity contribution in [2.45, 2.75) is 13.8 Å². The average Bonchev–Trinajstić information content (AvgIpc) is 2.46. The molecule has 0 fully saturated rings. The highest BCUT2D eigenvalue weighted by molar-refractivity contribution is 5.84. The fourth-order valence-corrected chi connectivity index (χ4v) is 2.71. The van der Waals surface area contributed by atoms with E-state index in [-0.39, 0.29) is 0 Å². The molecule has 0 radical (unpaired) electrons. The van der Waals surface area contributed by atoms with Crippen molar-refractivity contribution in [1.82, 2.24) is 9.97 Å². The van der Waals surface area contributed by atoms with Gasteiger partial charge in [0.05, 0.1) is 11.2 Å². The number of hydrogen-bond acceptors (Lipinski definition) is 3. The number of aryl methyl sites for hydroxylation is 2. The van der Waals surface area contributed by atoms with Gasteiger partial charge in [-0.05, 0) is 49.7 Å². The van der Waals surface area contributed by atoms with Crippen LogP contribution in [0.25, 0.3) is 22.2 Å². The lowest BCUT2D eigenvalue weighted by atomic mass is 10.0. The largest absolute Gasteiger partial charge is 0.377 e. The van der Waals surface area contributed by atoms with Gasteiger partial charge in [-0.1, -0.05) is 6.07 Å². The van der Waals surface area contributed by atoms with Crippen molar-refractivity contribution in [1.29, 1.82) is 0 Å². The van der Waals surface area contributed by atoms with Gasteiger partial charge in [-0.25, -0.2) is 0 Å². The lowest BCUT2D eigenvalue weighted by Crippen LogP contribution is -2.10. The van der Waals surface area contributed by atoms with Gasteiger partial charge >= 0.3 is 0 Å². The van der Waals surface area contributed by atoms with E-state index in [2.05, 4.69) is 61.2 Å². The first-order valence-electron chi connectivity index (χ1n) is 7.07. The molecule has 0 saturated carbocycles. The number of aromatic nitrogens is 2. The third-order valence-electron chi connectivity index (χ3n) is 3.76. The third-order valence-corrected chi connectivity index (χ3v) is 3.76. The number of fused-ring (bicyclic) bond motifs is 1. The van der Waals surface area contributed by atoms with Gasteiger partial charge in [-0.3, -0.25) is 9.97 Å². The van der Waals surface area contributed by atoms with Crippen LogP contribution in [0.2, 0.25) is 0 Å². The predicted molar refractivity (Wildman–Crippen MR) is 88.8 cm³/mol. The lowest BCUT2D eigenvalue weighted by Gasteiger charge is -2.16. The van der Waals surface area contributed by atoms with E-state index in [9.17, 15) is 0 Å². The number of rotatable bonds is 2. The minimum atomic E-state index is 0.979. The van der Waals surface area contributed by atoms with Crippen molar-refractivity contribution in [2.24, 2.45) is 0 Å². The van der Waals surface area contributed by atoms with Crippen LogP contribution < -0.4 is 4.90 Å². The zero-order chi connectivity index (χ0) is 15.0. The fourth-order valence-electron chi connectivity index (χ4n) is 2.71. The van der Waals surface area contributed by atoms with Gasteiger partial charge in [-0.2, -0.15) is 0 Å². The minimum absolute atomic E-state index is 0.979. The summed E-state index contributed by atoms with van der Waals surface area (Å²) in [6.07, 6.45) is 1.83. The normalized spacial score (nSPS) is 10.9. The topological polar surface area (TPSA) is 29.0 Å². The van der Waals surface area contributed by atoms with Gasteiger partial charge in [0, 0.05) is 42.6 Å². The molecule has 21 heavy (non-hydrogen) atoms. The van der Waals surface area contributed by atoms with Crippen LogP contribution in [0.3, 0.4) is 0 Å². The van der Waals surface area contributed by atoms with Gasteiger partial charge in [0.15, 0.2) is 0 Å². The average molecular weight is 277 g/mol. The Morgan fingerprint density at radius 2 is 1.81 bits per heavy atom. The fraction of sp³-hybridized carbons (Fsp3) is 0.222. The van der Waals surface area contributed by atoms with Gasteiger partial charge in [0.2, 0.25) is 0 Å². The summed E-state index contributed by atoms with van der Waals surface area (Å²) in [5.41, 5.74) is 6.60. The van der Waals surface area contributed by atoms with Crippen molar-refractivity contribution in [2.75, 3.05) is 19.0 Å². The van der Waals surface area contributed by atoms with E-state index in [1.165, 1.54) is 11.3 Å². The van der Waals surface area contributed by atoms with Crippen LogP contribution >= 0.6 is 0 Å². The monoisotopic (exact) mass is 277 g/mol. The summed E-state index contributed by atoms with van der Waals surface area (Å²) in [6, 6.07) is 12.5. The summed E-state index contributed by atoms with van der Waals surface area (Å²) in [6.45, 7) is 4.17. The third kappa shape index (κ3) is 2.47. The number of hydrogen-bond donors (Lipinski definition) is 0. The number of nitrogens with zero attached hydrogens (tertiary/aromatic N) is 3. The summed E-state index contributed by atoms with van der Waals surface area (Å²) in [4.78, 5) is 11.3. The second-order valence-electron chi connectivity index (χ2n) is 5.56. The van der Waals surface area contributed by atoms with E-state index in [0.717, 1.165) is 27.9 Å². The molecule has 0 aliphatic carbocycles. The molecule has 0 aliphatic rings.